The summed E-state index contributed by atoms with van der Waals surface area (Å²) in [7, 11) is 0. The van der Waals surface area contributed by atoms with E-state index in [9.17, 15) is 4.79 Å². The predicted molar refractivity (Wildman–Crippen MR) is 85.1 cm³/mol. The Balaban J connectivity index is 1.59. The van der Waals surface area contributed by atoms with Gasteiger partial charge in [-0.1, -0.05) is 12.1 Å². The SMILES string of the molecule is CCc1noc2ncnc(N3CCC[C@@H](C(=O)NC4CC4)C3)c12. The van der Waals surface area contributed by atoms with Gasteiger partial charge in [0.25, 0.3) is 5.71 Å². The van der Waals surface area contributed by atoms with E-state index in [4.69, 9.17) is 4.52 Å². The predicted octanol–water partition coefficient (Wildman–Crippen LogP) is 1.68. The number of amides is 1. The second-order valence-corrected chi connectivity index (χ2v) is 6.43. The molecule has 1 aliphatic carbocycles. The summed E-state index contributed by atoms with van der Waals surface area (Å²) in [6, 6.07) is 0.411. The second-order valence-electron chi connectivity index (χ2n) is 6.43. The smallest absolute Gasteiger partial charge is 0.263 e. The lowest BCUT2D eigenvalue weighted by atomic mass is 9.97. The van der Waals surface area contributed by atoms with Crippen LogP contribution in [0.2, 0.25) is 0 Å². The van der Waals surface area contributed by atoms with Gasteiger partial charge in [0, 0.05) is 19.1 Å². The van der Waals surface area contributed by atoms with Crippen molar-refractivity contribution in [1.82, 2.24) is 20.4 Å². The maximum atomic E-state index is 12.4. The van der Waals surface area contributed by atoms with Crippen molar-refractivity contribution in [2.75, 3.05) is 18.0 Å². The maximum absolute atomic E-state index is 12.4. The highest BCUT2D eigenvalue weighted by Crippen LogP contribution is 2.30. The number of anilines is 1. The monoisotopic (exact) mass is 315 g/mol. The molecule has 0 bridgehead atoms. The molecule has 1 atom stereocenters. The highest BCUT2D eigenvalue weighted by Gasteiger charge is 2.32. The first kappa shape index (κ1) is 14.4. The van der Waals surface area contributed by atoms with E-state index >= 15 is 0 Å². The maximum Gasteiger partial charge on any atom is 0.263 e. The van der Waals surface area contributed by atoms with E-state index < -0.39 is 0 Å². The number of aryl methyl sites for hydroxylation is 1. The zero-order chi connectivity index (χ0) is 15.8. The average Bonchev–Trinajstić information content (AvgIpc) is 3.30. The van der Waals surface area contributed by atoms with Crippen molar-refractivity contribution in [3.05, 3.63) is 12.0 Å². The number of nitrogens with one attached hydrogen (secondary N) is 1. The molecule has 1 N–H and O–H groups in total. The molecular weight excluding hydrogens is 294 g/mol. The number of rotatable bonds is 4. The van der Waals surface area contributed by atoms with Crippen molar-refractivity contribution >= 4 is 22.8 Å². The van der Waals surface area contributed by atoms with Crippen molar-refractivity contribution in [3.8, 4) is 0 Å². The Kier molecular flexibility index (Phi) is 3.63. The molecule has 23 heavy (non-hydrogen) atoms. The van der Waals surface area contributed by atoms with Crippen molar-refractivity contribution in [2.24, 2.45) is 5.92 Å². The van der Waals surface area contributed by atoms with Gasteiger partial charge in [-0.25, -0.2) is 4.98 Å². The fraction of sp³-hybridized carbons (Fsp3) is 0.625. The Morgan fingerprint density at radius 1 is 1.39 bits per heavy atom. The van der Waals surface area contributed by atoms with Gasteiger partial charge in [-0.2, -0.15) is 4.98 Å². The summed E-state index contributed by atoms with van der Waals surface area (Å²) < 4.78 is 5.30. The highest BCUT2D eigenvalue weighted by atomic mass is 16.5. The first-order chi connectivity index (χ1) is 11.3. The second kappa shape index (κ2) is 5.79. The molecule has 3 heterocycles. The molecule has 7 nitrogen and oxygen atoms in total. The Bertz CT molecular complexity index is 724. The van der Waals surface area contributed by atoms with Crippen LogP contribution in [0.5, 0.6) is 0 Å². The lowest BCUT2D eigenvalue weighted by molar-refractivity contribution is -0.125. The summed E-state index contributed by atoms with van der Waals surface area (Å²) in [4.78, 5) is 23.2. The molecule has 4 rings (SSSR count). The molecule has 0 spiro atoms. The van der Waals surface area contributed by atoms with E-state index in [-0.39, 0.29) is 11.8 Å². The minimum absolute atomic E-state index is 0.0271. The van der Waals surface area contributed by atoms with Crippen LogP contribution in [0.25, 0.3) is 11.1 Å². The first-order valence-corrected chi connectivity index (χ1v) is 8.41. The Morgan fingerprint density at radius 2 is 2.26 bits per heavy atom. The molecule has 1 saturated carbocycles. The quantitative estimate of drug-likeness (QED) is 0.924. The molecule has 1 aliphatic heterocycles. The lowest BCUT2D eigenvalue weighted by Gasteiger charge is -2.33. The number of hydrogen-bond acceptors (Lipinski definition) is 6. The summed E-state index contributed by atoms with van der Waals surface area (Å²) in [6.45, 7) is 3.63. The summed E-state index contributed by atoms with van der Waals surface area (Å²) in [6.07, 6.45) is 6.45. The van der Waals surface area contributed by atoms with E-state index in [1.165, 1.54) is 6.33 Å². The molecule has 7 heteroatoms. The fourth-order valence-corrected chi connectivity index (χ4v) is 3.24. The van der Waals surface area contributed by atoms with Gasteiger partial charge in [-0.3, -0.25) is 4.79 Å². The van der Waals surface area contributed by atoms with Crippen LogP contribution in [0.4, 0.5) is 5.82 Å². The number of fused-ring (bicyclic) bond motifs is 1. The standard InChI is InChI=1S/C16H21N5O2/c1-2-12-13-14(17-9-18-16(13)23-20-12)21-7-3-4-10(8-21)15(22)19-11-5-6-11/h9-11H,2-8H2,1H3,(H,19,22)/t10-/m1/s1. The number of aromatic nitrogens is 3. The zero-order valence-electron chi connectivity index (χ0n) is 13.3. The number of piperidine rings is 1. The topological polar surface area (TPSA) is 84.2 Å². The first-order valence-electron chi connectivity index (χ1n) is 8.41. The van der Waals surface area contributed by atoms with Gasteiger partial charge < -0.3 is 14.7 Å². The molecular formula is C16H21N5O2. The van der Waals surface area contributed by atoms with Crippen LogP contribution in [0.15, 0.2) is 10.9 Å². The summed E-state index contributed by atoms with van der Waals surface area (Å²) in [5.74, 6) is 1.06. The Morgan fingerprint density at radius 3 is 3.04 bits per heavy atom. The number of nitrogens with zero attached hydrogens (tertiary/aromatic N) is 4. The molecule has 122 valence electrons. The zero-order valence-corrected chi connectivity index (χ0v) is 13.3. The van der Waals surface area contributed by atoms with Crippen LogP contribution in [0.1, 0.15) is 38.3 Å². The third kappa shape index (κ3) is 2.75. The minimum Gasteiger partial charge on any atom is -0.355 e. The van der Waals surface area contributed by atoms with Crippen LogP contribution < -0.4 is 10.2 Å². The summed E-state index contributed by atoms with van der Waals surface area (Å²) >= 11 is 0. The number of hydrogen-bond donors (Lipinski definition) is 1. The van der Waals surface area contributed by atoms with Gasteiger partial charge in [-0.05, 0) is 32.1 Å². The van der Waals surface area contributed by atoms with E-state index in [1.807, 2.05) is 6.92 Å². The van der Waals surface area contributed by atoms with E-state index in [0.717, 1.165) is 55.5 Å². The Labute approximate surface area is 134 Å². The molecule has 0 radical (unpaired) electrons. The van der Waals surface area contributed by atoms with Crippen LogP contribution in [0, 0.1) is 5.92 Å². The molecule has 2 aromatic heterocycles. The van der Waals surface area contributed by atoms with Crippen LogP contribution in [-0.4, -0.2) is 40.2 Å². The van der Waals surface area contributed by atoms with E-state index in [2.05, 4.69) is 25.3 Å². The summed E-state index contributed by atoms with van der Waals surface area (Å²) in [5.41, 5.74) is 1.40. The molecule has 2 aliphatic rings. The van der Waals surface area contributed by atoms with E-state index in [1.54, 1.807) is 0 Å². The van der Waals surface area contributed by atoms with Crippen LogP contribution in [0.3, 0.4) is 0 Å². The van der Waals surface area contributed by atoms with Crippen molar-refractivity contribution < 1.29 is 9.32 Å². The van der Waals surface area contributed by atoms with Crippen LogP contribution in [-0.2, 0) is 11.2 Å². The molecule has 0 unspecified atom stereocenters. The van der Waals surface area contributed by atoms with Crippen molar-refractivity contribution in [1.29, 1.82) is 0 Å². The van der Waals surface area contributed by atoms with E-state index in [0.29, 0.717) is 18.3 Å². The average molecular weight is 315 g/mol. The van der Waals surface area contributed by atoms with Crippen molar-refractivity contribution in [3.63, 3.8) is 0 Å². The molecule has 1 amide bonds. The number of carbonyl (C=O) groups excluding carboxylic acids is 1. The highest BCUT2D eigenvalue weighted by molar-refractivity contribution is 5.88. The molecule has 2 fully saturated rings. The normalized spacial score (nSPS) is 21.6. The largest absolute Gasteiger partial charge is 0.355 e. The molecule has 1 saturated heterocycles. The molecule has 2 aromatic rings. The van der Waals surface area contributed by atoms with Gasteiger partial charge in [0.05, 0.1) is 11.6 Å². The Hall–Kier alpha value is -2.18. The van der Waals surface area contributed by atoms with Crippen LogP contribution >= 0.6 is 0 Å². The van der Waals surface area contributed by atoms with Gasteiger partial charge in [-0.15, -0.1) is 0 Å². The number of carbonyl (C=O) groups is 1. The van der Waals surface area contributed by atoms with Gasteiger partial charge in [0.2, 0.25) is 5.91 Å². The van der Waals surface area contributed by atoms with Crippen molar-refractivity contribution in [2.45, 2.75) is 45.1 Å². The fourth-order valence-electron chi connectivity index (χ4n) is 3.24. The summed E-state index contributed by atoms with van der Waals surface area (Å²) in [5, 5.41) is 8.10. The third-order valence-electron chi connectivity index (χ3n) is 4.67. The van der Waals surface area contributed by atoms with Gasteiger partial charge in [0.15, 0.2) is 0 Å². The third-order valence-corrected chi connectivity index (χ3v) is 4.67. The lowest BCUT2D eigenvalue weighted by Crippen LogP contribution is -2.44. The molecule has 0 aromatic carbocycles. The van der Waals surface area contributed by atoms with Gasteiger partial charge in [0.1, 0.15) is 17.5 Å². The minimum atomic E-state index is 0.0271. The van der Waals surface area contributed by atoms with Gasteiger partial charge >= 0.3 is 0 Å².